The molecule has 9 nitrogen and oxygen atoms in total. The van der Waals surface area contributed by atoms with E-state index in [0.717, 1.165) is 19.4 Å². The number of imidazole rings is 1. The van der Waals surface area contributed by atoms with Gasteiger partial charge in [0.1, 0.15) is 6.54 Å². The number of aromatic amines is 1. The Morgan fingerprint density at radius 2 is 2.23 bits per heavy atom. The zero-order valence-electron chi connectivity index (χ0n) is 13.6. The normalized spacial score (nSPS) is 16.5. The van der Waals surface area contributed by atoms with Gasteiger partial charge in [-0.15, -0.1) is 0 Å². The second-order valence-electron chi connectivity index (χ2n) is 5.64. The third-order valence-corrected chi connectivity index (χ3v) is 4.01. The number of halogens is 2. The van der Waals surface area contributed by atoms with Crippen molar-refractivity contribution in [3.8, 4) is 0 Å². The number of aromatic nitrogens is 4. The molecule has 1 aliphatic rings. The number of H-pyrrole nitrogens is 1. The Balaban J connectivity index is 0.000000791. The molecule has 3 rings (SSSR count). The van der Waals surface area contributed by atoms with Crippen LogP contribution in [0.25, 0.3) is 11.2 Å². The van der Waals surface area contributed by atoms with Crippen LogP contribution in [0.3, 0.4) is 0 Å². The Morgan fingerprint density at radius 1 is 1.54 bits per heavy atom. The monoisotopic (exact) mass is 626 g/mol. The van der Waals surface area contributed by atoms with Crippen molar-refractivity contribution in [2.45, 2.75) is 32.9 Å². The summed E-state index contributed by atoms with van der Waals surface area (Å²) in [5.41, 5.74) is 5.61. The van der Waals surface area contributed by atoms with Gasteiger partial charge in [-0.05, 0) is 26.4 Å². The number of fused-ring (bicyclic) bond motifs is 1. The quantitative estimate of drug-likeness (QED) is 0.441. The Hall–Kier alpha value is -0.376. The van der Waals surface area contributed by atoms with Crippen LogP contribution in [0.5, 0.6) is 0 Å². The summed E-state index contributed by atoms with van der Waals surface area (Å²) in [7, 11) is 2.69. The third-order valence-electron chi connectivity index (χ3n) is 4.01. The Kier molecular flexibility index (Phi) is 10.4. The number of nitrogens with zero attached hydrogens (tertiary/aromatic N) is 4. The summed E-state index contributed by atoms with van der Waals surface area (Å²) in [5.74, 6) is -0.132. The fraction of sp³-hybridized carbons (Fsp3) is 0.571. The van der Waals surface area contributed by atoms with Gasteiger partial charge in [0, 0.05) is 12.6 Å². The van der Waals surface area contributed by atoms with Crippen molar-refractivity contribution >= 4 is 63.0 Å². The standard InChI is InChI=1S/C13H19N7O2.CH4.2HI.V/c1-19-4-2-3-8(19)5-15-9(21)6-20-7-16-10-11(20)17-13(14)18-12(10)22;;;;/h7-8H,2-6H2,1H3,(H,15,21)(H3,14,17,18,22);1H4;2*1H;/q;;;;+2/p-2. The SMILES string of the molecule is C.CN1CCCC1CNC(=O)Cn1cnc2c(=O)[nH]c(N)nc21.[I][V][I]. The van der Waals surface area contributed by atoms with Crippen molar-refractivity contribution in [3.05, 3.63) is 16.7 Å². The van der Waals surface area contributed by atoms with E-state index in [2.05, 4.69) is 72.2 Å². The molecule has 4 N–H and O–H groups in total. The Labute approximate surface area is 181 Å². The Morgan fingerprint density at radius 3 is 2.85 bits per heavy atom. The topological polar surface area (TPSA) is 122 Å². The predicted octanol–water partition coefficient (Wildman–Crippen LogP) is 1.32. The molecule has 0 saturated carbocycles. The van der Waals surface area contributed by atoms with Crippen molar-refractivity contribution in [2.24, 2.45) is 0 Å². The molecule has 0 aliphatic carbocycles. The minimum absolute atomic E-state index is 0. The summed E-state index contributed by atoms with van der Waals surface area (Å²) >= 11 is 4.74. The van der Waals surface area contributed by atoms with Gasteiger partial charge in [-0.1, -0.05) is 7.43 Å². The number of nitrogens with two attached hydrogens (primary N) is 1. The number of carbonyl (C=O) groups excluding carboxylic acids is 1. The molecule has 1 aliphatic heterocycles. The van der Waals surface area contributed by atoms with Gasteiger partial charge in [0.15, 0.2) is 11.2 Å². The van der Waals surface area contributed by atoms with Crippen molar-refractivity contribution < 1.29 is 14.3 Å². The van der Waals surface area contributed by atoms with Crippen molar-refractivity contribution in [2.75, 3.05) is 25.9 Å². The van der Waals surface area contributed by atoms with Crippen LogP contribution in [-0.2, 0) is 20.8 Å². The maximum atomic E-state index is 12.1. The molecular weight excluding hydrogens is 603 g/mol. The van der Waals surface area contributed by atoms with Crippen LogP contribution in [-0.4, -0.2) is 56.5 Å². The van der Waals surface area contributed by atoms with Gasteiger partial charge in [-0.2, -0.15) is 4.98 Å². The summed E-state index contributed by atoms with van der Waals surface area (Å²) in [6, 6.07) is 0.389. The number of rotatable bonds is 4. The van der Waals surface area contributed by atoms with E-state index in [1.165, 1.54) is 10.9 Å². The average Bonchev–Trinajstić information content (AvgIpc) is 3.13. The van der Waals surface area contributed by atoms with Crippen LogP contribution < -0.4 is 16.6 Å². The summed E-state index contributed by atoms with van der Waals surface area (Å²) in [5, 5.41) is 2.91. The van der Waals surface area contributed by atoms with E-state index in [1.54, 1.807) is 0 Å². The van der Waals surface area contributed by atoms with E-state index < -0.39 is 5.56 Å². The molecule has 1 amide bonds. The van der Waals surface area contributed by atoms with Gasteiger partial charge in [-0.25, -0.2) is 4.98 Å². The molecule has 2 aromatic heterocycles. The zero-order chi connectivity index (χ0) is 18.4. The molecule has 0 radical (unpaired) electrons. The van der Waals surface area contributed by atoms with Crippen LogP contribution in [0.1, 0.15) is 20.3 Å². The van der Waals surface area contributed by atoms with E-state index >= 15 is 0 Å². The number of hydrogen-bond donors (Lipinski definition) is 3. The number of hydrogen-bond acceptors (Lipinski definition) is 6. The summed E-state index contributed by atoms with van der Waals surface area (Å²) < 4.78 is 1.52. The van der Waals surface area contributed by atoms with E-state index in [-0.39, 0.29) is 31.3 Å². The molecule has 3 heterocycles. The summed E-state index contributed by atoms with van der Waals surface area (Å²) in [6.07, 6.45) is 3.68. The van der Waals surface area contributed by atoms with Crippen LogP contribution in [0.2, 0.25) is 0 Å². The number of nitrogens with one attached hydrogen (secondary N) is 2. The first-order valence-corrected chi connectivity index (χ1v) is 16.6. The van der Waals surface area contributed by atoms with Crippen LogP contribution in [0.15, 0.2) is 11.1 Å². The third kappa shape index (κ3) is 6.35. The zero-order valence-corrected chi connectivity index (χ0v) is 19.3. The number of likely N-dealkylation sites (tertiary alicyclic amines) is 1. The summed E-state index contributed by atoms with van der Waals surface area (Å²) in [4.78, 5) is 36.4. The fourth-order valence-corrected chi connectivity index (χ4v) is 2.77. The van der Waals surface area contributed by atoms with Gasteiger partial charge in [-0.3, -0.25) is 14.6 Å². The molecule has 0 aromatic carbocycles. The van der Waals surface area contributed by atoms with Crippen molar-refractivity contribution in [1.29, 1.82) is 0 Å². The van der Waals surface area contributed by atoms with Gasteiger partial charge >= 0.3 is 49.4 Å². The maximum absolute atomic E-state index is 12.1. The molecule has 12 heteroatoms. The molecule has 1 saturated heterocycles. The molecule has 0 bridgehead atoms. The molecule has 1 unspecified atom stereocenters. The van der Waals surface area contributed by atoms with Crippen LogP contribution in [0, 0.1) is 0 Å². The first-order valence-electron chi connectivity index (χ1n) is 7.56. The van der Waals surface area contributed by atoms with Gasteiger partial charge in [0.25, 0.3) is 5.56 Å². The van der Waals surface area contributed by atoms with E-state index in [0.29, 0.717) is 27.7 Å². The molecule has 0 spiro atoms. The molecule has 1 atom stereocenters. The molecule has 26 heavy (non-hydrogen) atoms. The second-order valence-corrected chi connectivity index (χ2v) is 17.4. The predicted molar refractivity (Wildman–Crippen MR) is 116 cm³/mol. The average molecular weight is 626 g/mol. The molecule has 2 aromatic rings. The van der Waals surface area contributed by atoms with Crippen LogP contribution in [0.4, 0.5) is 5.95 Å². The van der Waals surface area contributed by atoms with E-state index in [1.807, 2.05) is 0 Å². The van der Waals surface area contributed by atoms with E-state index in [9.17, 15) is 9.59 Å². The van der Waals surface area contributed by atoms with Gasteiger partial charge in [0.2, 0.25) is 11.9 Å². The Bertz CT molecular complexity index is 782. The number of amides is 1. The van der Waals surface area contributed by atoms with Crippen LogP contribution >= 0.6 is 40.0 Å². The first kappa shape index (κ1) is 23.7. The number of nitrogen functional groups attached to an aromatic ring is 1. The fourth-order valence-electron chi connectivity index (χ4n) is 2.77. The summed E-state index contributed by atoms with van der Waals surface area (Å²) in [6.45, 7) is 1.75. The molecule has 1 fully saturated rings. The van der Waals surface area contributed by atoms with E-state index in [4.69, 9.17) is 5.73 Å². The van der Waals surface area contributed by atoms with Gasteiger partial charge in [0.05, 0.1) is 6.33 Å². The van der Waals surface area contributed by atoms with Crippen molar-refractivity contribution in [3.63, 3.8) is 0 Å². The van der Waals surface area contributed by atoms with Gasteiger partial charge < -0.3 is 20.5 Å². The second kappa shape index (κ2) is 11.5. The number of carbonyl (C=O) groups is 1. The number of likely N-dealkylation sites (N-methyl/N-ethyl adjacent to an activating group) is 1. The van der Waals surface area contributed by atoms with Crippen molar-refractivity contribution in [1.82, 2.24) is 29.7 Å². The molecule has 145 valence electrons. The number of anilines is 1. The minimum atomic E-state index is -0.408. The first-order chi connectivity index (χ1) is 12.0. The molecular formula is C14H23I2N7O2V.